The third-order valence-corrected chi connectivity index (χ3v) is 7.42. The van der Waals surface area contributed by atoms with Gasteiger partial charge in [0.05, 0.1) is 20.0 Å². The minimum atomic E-state index is -0.0569. The predicted molar refractivity (Wildman–Crippen MR) is 164 cm³/mol. The molecule has 0 aliphatic rings. The quantitative estimate of drug-likeness (QED) is 0.168. The van der Waals surface area contributed by atoms with Gasteiger partial charge in [-0.15, -0.1) is 10.2 Å². The van der Waals surface area contributed by atoms with Crippen molar-refractivity contribution in [2.75, 3.05) is 26.5 Å². The number of rotatable bonds is 13. The molecule has 4 aromatic carbocycles. The minimum absolute atomic E-state index is 0.0569. The van der Waals surface area contributed by atoms with E-state index in [1.165, 1.54) is 17.3 Å². The summed E-state index contributed by atoms with van der Waals surface area (Å²) < 4.78 is 18.8. The van der Waals surface area contributed by atoms with Crippen molar-refractivity contribution < 1.29 is 19.0 Å². The normalized spacial score (nSPS) is 10.7. The van der Waals surface area contributed by atoms with E-state index in [0.29, 0.717) is 35.4 Å². The van der Waals surface area contributed by atoms with E-state index in [0.717, 1.165) is 29.2 Å². The van der Waals surface area contributed by atoms with Crippen LogP contribution in [-0.2, 0) is 17.6 Å². The highest BCUT2D eigenvalue weighted by Gasteiger charge is 2.17. The second-order valence-electron chi connectivity index (χ2n) is 9.38. The van der Waals surface area contributed by atoms with E-state index in [1.807, 2.05) is 95.6 Å². The Labute approximate surface area is 249 Å². The van der Waals surface area contributed by atoms with E-state index < -0.39 is 0 Å². The Balaban J connectivity index is 1.34. The fourth-order valence-corrected chi connectivity index (χ4v) is 5.20. The zero-order valence-corrected chi connectivity index (χ0v) is 24.3. The topological polar surface area (TPSA) is 87.5 Å². The van der Waals surface area contributed by atoms with Gasteiger partial charge in [0.1, 0.15) is 17.3 Å². The smallest absolute Gasteiger partial charge is 0.230 e. The summed E-state index contributed by atoms with van der Waals surface area (Å²) in [6.07, 6.45) is 1.28. The summed E-state index contributed by atoms with van der Waals surface area (Å²) in [5.74, 6) is 3.67. The molecular formula is C33H32N4O4S. The van der Waals surface area contributed by atoms with Gasteiger partial charge in [-0.2, -0.15) is 0 Å². The van der Waals surface area contributed by atoms with Crippen molar-refractivity contribution in [2.24, 2.45) is 0 Å². The number of ether oxygens (including phenoxy) is 3. The molecule has 0 fully saturated rings. The average molecular weight is 581 g/mol. The summed E-state index contributed by atoms with van der Waals surface area (Å²) in [6, 6.07) is 33.3. The maximum atomic E-state index is 12.7. The van der Waals surface area contributed by atoms with Gasteiger partial charge in [-0.25, -0.2) is 0 Å². The zero-order valence-electron chi connectivity index (χ0n) is 23.5. The van der Waals surface area contributed by atoms with Crippen LogP contribution in [-0.4, -0.2) is 47.2 Å². The summed E-state index contributed by atoms with van der Waals surface area (Å²) in [4.78, 5) is 12.7. The first-order valence-corrected chi connectivity index (χ1v) is 14.5. The van der Waals surface area contributed by atoms with Gasteiger partial charge < -0.3 is 19.5 Å². The molecule has 0 aliphatic heterocycles. The van der Waals surface area contributed by atoms with Crippen LogP contribution in [0.4, 0.5) is 0 Å². The molecule has 42 heavy (non-hydrogen) atoms. The average Bonchev–Trinajstić information content (AvgIpc) is 3.43. The van der Waals surface area contributed by atoms with Gasteiger partial charge in [0.2, 0.25) is 5.91 Å². The molecule has 9 heteroatoms. The standard InChI is InChI=1S/C33H32N4O4S/c1-39-29-18-13-25(21-30(29)40-2)22-31-35-36-33(42-23-32(38)34-20-19-24-9-5-3-6-10-24)37(31)26-14-16-28(17-15-26)41-27-11-7-4-8-12-27/h3-18,21H,19-20,22-23H2,1-2H3,(H,34,38). The molecule has 1 heterocycles. The molecule has 1 amide bonds. The van der Waals surface area contributed by atoms with E-state index in [-0.39, 0.29) is 11.7 Å². The second-order valence-corrected chi connectivity index (χ2v) is 10.3. The molecule has 1 aromatic heterocycles. The highest BCUT2D eigenvalue weighted by atomic mass is 32.2. The van der Waals surface area contributed by atoms with Gasteiger partial charge >= 0.3 is 0 Å². The Kier molecular flexibility index (Phi) is 9.74. The van der Waals surface area contributed by atoms with Gasteiger partial charge in [-0.1, -0.05) is 66.4 Å². The van der Waals surface area contributed by atoms with Gasteiger partial charge in [0.25, 0.3) is 0 Å². The number of para-hydroxylation sites is 1. The molecule has 0 bridgehead atoms. The summed E-state index contributed by atoms with van der Waals surface area (Å²) in [6.45, 7) is 0.573. The number of nitrogens with zero attached hydrogens (tertiary/aromatic N) is 3. The second kappa shape index (κ2) is 14.2. The zero-order chi connectivity index (χ0) is 29.1. The first kappa shape index (κ1) is 28.8. The fourth-order valence-electron chi connectivity index (χ4n) is 4.40. The number of hydrogen-bond donors (Lipinski definition) is 1. The van der Waals surface area contributed by atoms with E-state index >= 15 is 0 Å². The molecule has 8 nitrogen and oxygen atoms in total. The Morgan fingerprint density at radius 1 is 0.786 bits per heavy atom. The SMILES string of the molecule is COc1ccc(Cc2nnc(SCC(=O)NCCc3ccccc3)n2-c2ccc(Oc3ccccc3)cc2)cc1OC. The van der Waals surface area contributed by atoms with Gasteiger partial charge in [0.15, 0.2) is 16.7 Å². The Bertz CT molecular complexity index is 1590. The van der Waals surface area contributed by atoms with Crippen LogP contribution in [0, 0.1) is 0 Å². The van der Waals surface area contributed by atoms with Crippen molar-refractivity contribution in [3.05, 3.63) is 120 Å². The number of hydrogen-bond acceptors (Lipinski definition) is 7. The number of carbonyl (C=O) groups excluding carboxylic acids is 1. The van der Waals surface area contributed by atoms with Crippen LogP contribution in [0.25, 0.3) is 5.69 Å². The first-order chi connectivity index (χ1) is 20.6. The van der Waals surface area contributed by atoms with Crippen LogP contribution in [0.3, 0.4) is 0 Å². The van der Waals surface area contributed by atoms with Gasteiger partial charge in [-0.05, 0) is 66.1 Å². The van der Waals surface area contributed by atoms with Crippen LogP contribution >= 0.6 is 11.8 Å². The van der Waals surface area contributed by atoms with Crippen LogP contribution in [0.5, 0.6) is 23.0 Å². The Morgan fingerprint density at radius 2 is 1.48 bits per heavy atom. The lowest BCUT2D eigenvalue weighted by atomic mass is 10.1. The van der Waals surface area contributed by atoms with Gasteiger partial charge in [-0.3, -0.25) is 9.36 Å². The molecule has 0 aliphatic carbocycles. The minimum Gasteiger partial charge on any atom is -0.493 e. The molecule has 0 radical (unpaired) electrons. The summed E-state index contributed by atoms with van der Waals surface area (Å²) in [7, 11) is 3.23. The molecule has 1 N–H and O–H groups in total. The van der Waals surface area contributed by atoms with Crippen molar-refractivity contribution >= 4 is 17.7 Å². The van der Waals surface area contributed by atoms with Gasteiger partial charge in [0, 0.05) is 18.7 Å². The lowest BCUT2D eigenvalue weighted by Crippen LogP contribution is -2.27. The molecule has 0 unspecified atom stereocenters. The van der Waals surface area contributed by atoms with E-state index in [4.69, 9.17) is 14.2 Å². The first-order valence-electron chi connectivity index (χ1n) is 13.5. The predicted octanol–water partition coefficient (Wildman–Crippen LogP) is 6.12. The molecule has 0 atom stereocenters. The molecule has 5 aromatic rings. The van der Waals surface area contributed by atoms with Crippen molar-refractivity contribution in [1.29, 1.82) is 0 Å². The van der Waals surface area contributed by atoms with Crippen molar-refractivity contribution in [3.63, 3.8) is 0 Å². The number of aromatic nitrogens is 3. The number of benzene rings is 4. The van der Waals surface area contributed by atoms with Crippen LogP contribution in [0.2, 0.25) is 0 Å². The summed E-state index contributed by atoms with van der Waals surface area (Å²) >= 11 is 1.35. The van der Waals surface area contributed by atoms with Crippen molar-refractivity contribution in [1.82, 2.24) is 20.1 Å². The van der Waals surface area contributed by atoms with E-state index in [9.17, 15) is 4.79 Å². The maximum absolute atomic E-state index is 12.7. The largest absolute Gasteiger partial charge is 0.493 e. The van der Waals surface area contributed by atoms with Crippen LogP contribution in [0.1, 0.15) is 17.0 Å². The lowest BCUT2D eigenvalue weighted by Gasteiger charge is -2.13. The van der Waals surface area contributed by atoms with Crippen LogP contribution < -0.4 is 19.5 Å². The number of nitrogens with one attached hydrogen (secondary N) is 1. The van der Waals surface area contributed by atoms with E-state index in [1.54, 1.807) is 14.2 Å². The van der Waals surface area contributed by atoms with Crippen LogP contribution in [0.15, 0.2) is 108 Å². The lowest BCUT2D eigenvalue weighted by molar-refractivity contribution is -0.118. The monoisotopic (exact) mass is 580 g/mol. The third kappa shape index (κ3) is 7.50. The third-order valence-electron chi connectivity index (χ3n) is 6.50. The van der Waals surface area contributed by atoms with Crippen molar-refractivity contribution in [2.45, 2.75) is 18.0 Å². The molecule has 214 valence electrons. The number of thioether (sulfide) groups is 1. The number of methoxy groups -OCH3 is 2. The number of amides is 1. The molecular weight excluding hydrogens is 548 g/mol. The summed E-state index contributed by atoms with van der Waals surface area (Å²) in [5, 5.41) is 12.6. The Hall–Kier alpha value is -4.76. The molecule has 5 rings (SSSR count). The highest BCUT2D eigenvalue weighted by molar-refractivity contribution is 7.99. The van der Waals surface area contributed by atoms with Crippen molar-refractivity contribution in [3.8, 4) is 28.7 Å². The highest BCUT2D eigenvalue weighted by Crippen LogP contribution is 2.30. The fraction of sp³-hybridized carbons (Fsp3) is 0.182. The number of carbonyl (C=O) groups is 1. The van der Waals surface area contributed by atoms with E-state index in [2.05, 4.69) is 27.6 Å². The summed E-state index contributed by atoms with van der Waals surface area (Å²) in [5.41, 5.74) is 3.04. The molecule has 0 spiro atoms. The Morgan fingerprint density at radius 3 is 2.19 bits per heavy atom. The molecule has 0 saturated heterocycles. The molecule has 0 saturated carbocycles. The maximum Gasteiger partial charge on any atom is 0.230 e.